The minimum atomic E-state index is -0.358. The summed E-state index contributed by atoms with van der Waals surface area (Å²) in [5.41, 5.74) is 1.47. The van der Waals surface area contributed by atoms with Gasteiger partial charge < -0.3 is 20.6 Å². The first-order valence-corrected chi connectivity index (χ1v) is 11.7. The van der Waals surface area contributed by atoms with Crippen LogP contribution in [0, 0.1) is 23.7 Å². The van der Waals surface area contributed by atoms with E-state index in [1.807, 2.05) is 6.08 Å². The molecule has 29 heavy (non-hydrogen) atoms. The van der Waals surface area contributed by atoms with Crippen molar-refractivity contribution in [1.29, 1.82) is 0 Å². The number of fused-ring (bicyclic) bond motifs is 1. The van der Waals surface area contributed by atoms with E-state index in [0.717, 1.165) is 44.9 Å². The van der Waals surface area contributed by atoms with Gasteiger partial charge in [-0.2, -0.15) is 0 Å². The van der Waals surface area contributed by atoms with Gasteiger partial charge in [0.15, 0.2) is 0 Å². The first kappa shape index (κ1) is 22.5. The maximum absolute atomic E-state index is 11.7. The van der Waals surface area contributed by atoms with Crippen molar-refractivity contribution in [2.75, 3.05) is 13.2 Å². The van der Waals surface area contributed by atoms with Crippen molar-refractivity contribution in [3.05, 3.63) is 23.8 Å². The van der Waals surface area contributed by atoms with Crippen molar-refractivity contribution in [1.82, 2.24) is 5.32 Å². The van der Waals surface area contributed by atoms with Crippen molar-refractivity contribution in [2.45, 2.75) is 82.8 Å². The Morgan fingerprint density at radius 2 is 2.00 bits per heavy atom. The molecule has 0 aliphatic heterocycles. The summed E-state index contributed by atoms with van der Waals surface area (Å²) in [5, 5.41) is 32.5. The van der Waals surface area contributed by atoms with Crippen LogP contribution < -0.4 is 5.32 Å². The molecule has 3 fully saturated rings. The summed E-state index contributed by atoms with van der Waals surface area (Å²) in [5.74, 6) is 1.68. The lowest BCUT2D eigenvalue weighted by atomic mass is 9.89. The lowest BCUT2D eigenvalue weighted by Crippen LogP contribution is -2.24. The summed E-state index contributed by atoms with van der Waals surface area (Å²) in [4.78, 5) is 11.7. The maximum Gasteiger partial charge on any atom is 0.220 e. The van der Waals surface area contributed by atoms with E-state index in [0.29, 0.717) is 37.1 Å². The zero-order chi connectivity index (χ0) is 20.6. The molecule has 0 aromatic carbocycles. The van der Waals surface area contributed by atoms with Gasteiger partial charge in [0.25, 0.3) is 0 Å². The fourth-order valence-corrected chi connectivity index (χ4v) is 5.60. The summed E-state index contributed by atoms with van der Waals surface area (Å²) >= 11 is 0. The van der Waals surface area contributed by atoms with Gasteiger partial charge in [-0.05, 0) is 69.1 Å². The number of hydrogen-bond acceptors (Lipinski definition) is 4. The van der Waals surface area contributed by atoms with Crippen molar-refractivity contribution < 1.29 is 20.1 Å². The molecule has 4 N–H and O–H groups in total. The topological polar surface area (TPSA) is 89.8 Å². The molecule has 5 nitrogen and oxygen atoms in total. The predicted molar refractivity (Wildman–Crippen MR) is 114 cm³/mol. The van der Waals surface area contributed by atoms with Crippen LogP contribution in [0.3, 0.4) is 0 Å². The summed E-state index contributed by atoms with van der Waals surface area (Å²) in [6.07, 6.45) is 16.3. The lowest BCUT2D eigenvalue weighted by molar-refractivity contribution is -0.121. The van der Waals surface area contributed by atoms with Crippen LogP contribution in [0.25, 0.3) is 0 Å². The van der Waals surface area contributed by atoms with E-state index in [9.17, 15) is 15.0 Å². The fraction of sp³-hybridized carbons (Fsp3) is 0.792. The second-order valence-electron chi connectivity index (χ2n) is 9.31. The van der Waals surface area contributed by atoms with Gasteiger partial charge in [0.05, 0.1) is 12.2 Å². The molecule has 3 aliphatic rings. The Labute approximate surface area is 175 Å². The largest absolute Gasteiger partial charge is 0.396 e. The van der Waals surface area contributed by atoms with Crippen LogP contribution in [0.15, 0.2) is 23.8 Å². The van der Waals surface area contributed by atoms with Crippen LogP contribution >= 0.6 is 0 Å². The van der Waals surface area contributed by atoms with E-state index >= 15 is 0 Å². The van der Waals surface area contributed by atoms with Gasteiger partial charge in [-0.25, -0.2) is 0 Å². The third-order valence-electron chi connectivity index (χ3n) is 7.22. The van der Waals surface area contributed by atoms with E-state index in [4.69, 9.17) is 5.11 Å². The highest BCUT2D eigenvalue weighted by Gasteiger charge is 2.45. The number of carbonyl (C=O) groups excluding carboxylic acids is 1. The molecule has 5 heteroatoms. The standard InChI is InChI=1S/C24H39NO4/c26-13-5-12-25-24(29)9-4-1-6-17-14-19-16-23(28)20(21(19)15-17)10-11-22(27)18-7-2-3-8-18/h6,10-11,18-23,26-28H,1-5,7-9,12-16H2,(H,25,29)/b11-10+,17-6+/t19-,20+,21-,22+,23+/m0/s1. The second kappa shape index (κ2) is 11.3. The minimum absolute atomic E-state index is 0.0642. The number of carbonyl (C=O) groups is 1. The Bertz CT molecular complexity index is 581. The zero-order valence-electron chi connectivity index (χ0n) is 17.6. The van der Waals surface area contributed by atoms with Crippen LogP contribution in [-0.2, 0) is 4.79 Å². The van der Waals surface area contributed by atoms with Gasteiger partial charge in [0.1, 0.15) is 0 Å². The molecular formula is C24H39NO4. The number of unbranched alkanes of at least 4 members (excludes halogenated alkanes) is 1. The highest BCUT2D eigenvalue weighted by Crippen LogP contribution is 2.50. The minimum Gasteiger partial charge on any atom is -0.396 e. The van der Waals surface area contributed by atoms with E-state index in [1.165, 1.54) is 18.4 Å². The van der Waals surface area contributed by atoms with Gasteiger partial charge >= 0.3 is 0 Å². The Balaban J connectivity index is 1.42. The first-order valence-electron chi connectivity index (χ1n) is 11.7. The Hall–Kier alpha value is -1.17. The van der Waals surface area contributed by atoms with Crippen LogP contribution in [0.2, 0.25) is 0 Å². The molecule has 0 aromatic rings. The molecule has 0 spiro atoms. The number of rotatable bonds is 10. The molecule has 0 saturated heterocycles. The predicted octanol–water partition coefficient (Wildman–Crippen LogP) is 3.10. The molecular weight excluding hydrogens is 366 g/mol. The van der Waals surface area contributed by atoms with Crippen molar-refractivity contribution in [3.8, 4) is 0 Å². The number of hydrogen-bond donors (Lipinski definition) is 4. The molecule has 3 saturated carbocycles. The molecule has 0 heterocycles. The second-order valence-corrected chi connectivity index (χ2v) is 9.31. The van der Waals surface area contributed by atoms with Crippen molar-refractivity contribution in [3.63, 3.8) is 0 Å². The average Bonchev–Trinajstić information content (AvgIpc) is 3.41. The highest BCUT2D eigenvalue weighted by molar-refractivity contribution is 5.75. The van der Waals surface area contributed by atoms with E-state index in [1.54, 1.807) is 0 Å². The zero-order valence-corrected chi connectivity index (χ0v) is 17.6. The molecule has 0 radical (unpaired) electrons. The molecule has 0 aromatic heterocycles. The van der Waals surface area contributed by atoms with Crippen LogP contribution in [0.1, 0.15) is 70.6 Å². The maximum atomic E-state index is 11.7. The Morgan fingerprint density at radius 1 is 1.21 bits per heavy atom. The van der Waals surface area contributed by atoms with E-state index < -0.39 is 0 Å². The monoisotopic (exact) mass is 405 g/mol. The molecule has 164 valence electrons. The number of amides is 1. The molecule has 3 aliphatic carbocycles. The van der Waals surface area contributed by atoms with Gasteiger partial charge in [0.2, 0.25) is 5.91 Å². The highest BCUT2D eigenvalue weighted by atomic mass is 16.3. The molecule has 5 atom stereocenters. The summed E-state index contributed by atoms with van der Waals surface area (Å²) in [7, 11) is 0. The third kappa shape index (κ3) is 6.40. The molecule has 1 amide bonds. The van der Waals surface area contributed by atoms with Crippen LogP contribution in [0.4, 0.5) is 0 Å². The van der Waals surface area contributed by atoms with Crippen molar-refractivity contribution in [2.24, 2.45) is 23.7 Å². The Kier molecular flexibility index (Phi) is 8.76. The van der Waals surface area contributed by atoms with Crippen LogP contribution in [0.5, 0.6) is 0 Å². The van der Waals surface area contributed by atoms with E-state index in [2.05, 4.69) is 17.5 Å². The third-order valence-corrected chi connectivity index (χ3v) is 7.22. The number of aliphatic hydroxyl groups is 3. The van der Waals surface area contributed by atoms with E-state index in [-0.39, 0.29) is 30.6 Å². The lowest BCUT2D eigenvalue weighted by Gasteiger charge is -2.19. The average molecular weight is 406 g/mol. The number of allylic oxidation sites excluding steroid dienone is 2. The van der Waals surface area contributed by atoms with Gasteiger partial charge in [0, 0.05) is 25.5 Å². The smallest absolute Gasteiger partial charge is 0.220 e. The van der Waals surface area contributed by atoms with Gasteiger partial charge in [-0.1, -0.05) is 36.6 Å². The molecule has 3 rings (SSSR count). The Morgan fingerprint density at radius 3 is 2.76 bits per heavy atom. The summed E-state index contributed by atoms with van der Waals surface area (Å²) in [6.45, 7) is 0.658. The van der Waals surface area contributed by atoms with Gasteiger partial charge in [-0.15, -0.1) is 0 Å². The summed E-state index contributed by atoms with van der Waals surface area (Å²) < 4.78 is 0. The van der Waals surface area contributed by atoms with Crippen molar-refractivity contribution >= 4 is 5.91 Å². The van der Waals surface area contributed by atoms with Crippen LogP contribution in [-0.4, -0.2) is 46.6 Å². The quantitative estimate of drug-likeness (QED) is 0.332. The number of nitrogens with one attached hydrogen (secondary N) is 1. The van der Waals surface area contributed by atoms with Gasteiger partial charge in [-0.3, -0.25) is 4.79 Å². The first-order chi connectivity index (χ1) is 14.1. The molecule has 0 unspecified atom stereocenters. The number of aliphatic hydroxyl groups excluding tert-OH is 3. The molecule has 0 bridgehead atoms. The summed E-state index contributed by atoms with van der Waals surface area (Å²) in [6, 6.07) is 0. The normalized spacial score (nSPS) is 32.3. The SMILES string of the molecule is O=C(CCC/C=C1\C[C@H]2C[C@@H](O)[C@H](/C=C/[C@@H](O)C3CCCC3)[C@H]2C1)NCCCO. The fourth-order valence-electron chi connectivity index (χ4n) is 5.60.